The Morgan fingerprint density at radius 1 is 0.771 bits per heavy atom. The third kappa shape index (κ3) is 5.99. The van der Waals surface area contributed by atoms with Gasteiger partial charge in [-0.2, -0.15) is 0 Å². The lowest BCUT2D eigenvalue weighted by Gasteiger charge is -2.25. The van der Waals surface area contributed by atoms with E-state index < -0.39 is 4.92 Å². The highest BCUT2D eigenvalue weighted by molar-refractivity contribution is 8.00. The zero-order valence-electron chi connectivity index (χ0n) is 19.5. The fraction of sp³-hybridized carbons (Fsp3) is 0.143. The summed E-state index contributed by atoms with van der Waals surface area (Å²) in [5.41, 5.74) is 6.25. The van der Waals surface area contributed by atoms with Crippen molar-refractivity contribution in [3.63, 3.8) is 0 Å². The van der Waals surface area contributed by atoms with Crippen molar-refractivity contribution in [2.75, 3.05) is 4.72 Å². The number of halogens is 2. The van der Waals surface area contributed by atoms with Gasteiger partial charge in [-0.25, -0.2) is 0 Å². The summed E-state index contributed by atoms with van der Waals surface area (Å²) in [5.74, 6) is 0. The average Bonchev–Trinajstić information content (AvgIpc) is 2.83. The molecule has 0 fully saturated rings. The topological polar surface area (TPSA) is 55.2 Å². The molecule has 0 saturated carbocycles. The van der Waals surface area contributed by atoms with Crippen LogP contribution in [0.4, 0.5) is 11.4 Å². The second-order valence-corrected chi connectivity index (χ2v) is 10.9. The molecule has 4 nitrogen and oxygen atoms in total. The number of non-ortho nitro benzene ring substituents is 1. The van der Waals surface area contributed by atoms with Crippen molar-refractivity contribution >= 4 is 46.5 Å². The highest BCUT2D eigenvalue weighted by Crippen LogP contribution is 2.43. The van der Waals surface area contributed by atoms with E-state index in [4.69, 9.17) is 23.2 Å². The Morgan fingerprint density at radius 2 is 1.23 bits per heavy atom. The number of nitro groups is 1. The summed E-state index contributed by atoms with van der Waals surface area (Å²) in [5, 5.41) is 12.4. The SMILES string of the molecule is CC(C)(C)c1cc(-c2ccc(Cl)cc2)c(NSc2ccc([N+](=O)[O-])cc2)c(-c2ccc(Cl)cc2)c1. The molecule has 0 amide bonds. The zero-order valence-corrected chi connectivity index (χ0v) is 21.8. The molecule has 0 radical (unpaired) electrons. The first-order chi connectivity index (χ1) is 16.6. The lowest BCUT2D eigenvalue weighted by Crippen LogP contribution is -2.12. The van der Waals surface area contributed by atoms with Crippen LogP contribution in [0.3, 0.4) is 0 Å². The summed E-state index contributed by atoms with van der Waals surface area (Å²) in [6.07, 6.45) is 0. The Bertz CT molecular complexity index is 1280. The van der Waals surface area contributed by atoms with Gasteiger partial charge in [-0.15, -0.1) is 0 Å². The minimum atomic E-state index is -0.398. The van der Waals surface area contributed by atoms with Gasteiger partial charge in [0.2, 0.25) is 0 Å². The molecule has 178 valence electrons. The number of nitrogens with zero attached hydrogens (tertiary/aromatic N) is 1. The molecular formula is C28H24Cl2N2O2S. The van der Waals surface area contributed by atoms with E-state index in [9.17, 15) is 10.1 Å². The predicted octanol–water partition coefficient (Wildman–Crippen LogP) is 9.65. The minimum absolute atomic E-state index is 0.0626. The van der Waals surface area contributed by atoms with Crippen LogP contribution in [-0.4, -0.2) is 4.92 Å². The molecule has 0 aliphatic rings. The minimum Gasteiger partial charge on any atom is -0.325 e. The molecule has 4 aromatic carbocycles. The van der Waals surface area contributed by atoms with Crippen LogP contribution >= 0.6 is 35.1 Å². The molecule has 4 aromatic rings. The Balaban J connectivity index is 1.87. The molecule has 0 saturated heterocycles. The van der Waals surface area contributed by atoms with Crippen molar-refractivity contribution in [1.29, 1.82) is 0 Å². The molecule has 0 unspecified atom stereocenters. The number of rotatable bonds is 6. The fourth-order valence-electron chi connectivity index (χ4n) is 3.65. The van der Waals surface area contributed by atoms with E-state index in [2.05, 4.69) is 37.6 Å². The van der Waals surface area contributed by atoms with Crippen LogP contribution in [0.25, 0.3) is 22.3 Å². The second kappa shape index (κ2) is 10.3. The van der Waals surface area contributed by atoms with Gasteiger partial charge in [0, 0.05) is 38.2 Å². The molecule has 0 heterocycles. The normalized spacial score (nSPS) is 11.3. The van der Waals surface area contributed by atoms with Crippen LogP contribution in [0, 0.1) is 10.1 Å². The number of nitro benzene ring substituents is 1. The van der Waals surface area contributed by atoms with E-state index in [0.717, 1.165) is 32.8 Å². The maximum Gasteiger partial charge on any atom is 0.269 e. The standard InChI is InChI=1S/C28H24Cl2N2O2S/c1-28(2,3)20-16-25(18-4-8-21(29)9-5-18)27(26(17-20)19-6-10-22(30)11-7-19)31-35-24-14-12-23(13-15-24)32(33)34/h4-17,31H,1-3H3. The van der Waals surface area contributed by atoms with E-state index in [1.807, 2.05) is 48.5 Å². The number of benzene rings is 4. The highest BCUT2D eigenvalue weighted by Gasteiger charge is 2.21. The van der Waals surface area contributed by atoms with Gasteiger partial charge in [0.15, 0.2) is 0 Å². The van der Waals surface area contributed by atoms with Gasteiger partial charge in [0.25, 0.3) is 5.69 Å². The van der Waals surface area contributed by atoms with Crippen molar-refractivity contribution in [3.8, 4) is 22.3 Å². The van der Waals surface area contributed by atoms with Gasteiger partial charge < -0.3 is 4.72 Å². The van der Waals surface area contributed by atoms with E-state index in [0.29, 0.717) is 10.0 Å². The van der Waals surface area contributed by atoms with Crippen LogP contribution in [0.1, 0.15) is 26.3 Å². The van der Waals surface area contributed by atoms with E-state index in [1.165, 1.54) is 29.6 Å². The maximum absolute atomic E-state index is 11.0. The van der Waals surface area contributed by atoms with Gasteiger partial charge in [0.05, 0.1) is 10.6 Å². The number of hydrogen-bond acceptors (Lipinski definition) is 4. The predicted molar refractivity (Wildman–Crippen MR) is 149 cm³/mol. The first kappa shape index (κ1) is 25.1. The first-order valence-corrected chi connectivity index (χ1v) is 12.6. The Morgan fingerprint density at radius 3 is 1.63 bits per heavy atom. The van der Waals surface area contributed by atoms with E-state index >= 15 is 0 Å². The fourth-order valence-corrected chi connectivity index (χ4v) is 4.61. The molecule has 0 aliphatic carbocycles. The van der Waals surface area contributed by atoms with Crippen molar-refractivity contribution < 1.29 is 4.92 Å². The summed E-state index contributed by atoms with van der Waals surface area (Å²) >= 11 is 13.8. The Labute approximate surface area is 219 Å². The second-order valence-electron chi connectivity index (χ2n) is 9.17. The largest absolute Gasteiger partial charge is 0.325 e. The van der Waals surface area contributed by atoms with Gasteiger partial charge >= 0.3 is 0 Å². The summed E-state index contributed by atoms with van der Waals surface area (Å²) in [4.78, 5) is 11.5. The number of anilines is 1. The van der Waals surface area contributed by atoms with Gasteiger partial charge in [-0.1, -0.05) is 68.2 Å². The molecule has 0 bridgehead atoms. The molecule has 7 heteroatoms. The smallest absolute Gasteiger partial charge is 0.269 e. The monoisotopic (exact) mass is 522 g/mol. The zero-order chi connectivity index (χ0) is 25.2. The molecule has 1 N–H and O–H groups in total. The molecule has 35 heavy (non-hydrogen) atoms. The quantitative estimate of drug-likeness (QED) is 0.155. The van der Waals surface area contributed by atoms with Crippen LogP contribution in [0.15, 0.2) is 89.8 Å². The molecule has 0 atom stereocenters. The van der Waals surface area contributed by atoms with Crippen molar-refractivity contribution in [3.05, 3.63) is 111 Å². The van der Waals surface area contributed by atoms with Gasteiger partial charge in [0.1, 0.15) is 0 Å². The van der Waals surface area contributed by atoms with Crippen LogP contribution < -0.4 is 4.72 Å². The van der Waals surface area contributed by atoms with Crippen molar-refractivity contribution in [1.82, 2.24) is 0 Å². The van der Waals surface area contributed by atoms with Crippen molar-refractivity contribution in [2.45, 2.75) is 31.1 Å². The first-order valence-electron chi connectivity index (χ1n) is 11.0. The van der Waals surface area contributed by atoms with Crippen LogP contribution in [-0.2, 0) is 5.41 Å². The highest BCUT2D eigenvalue weighted by atomic mass is 35.5. The van der Waals surface area contributed by atoms with E-state index in [-0.39, 0.29) is 11.1 Å². The van der Waals surface area contributed by atoms with Crippen LogP contribution in [0.2, 0.25) is 10.0 Å². The van der Waals surface area contributed by atoms with Gasteiger partial charge in [-0.3, -0.25) is 10.1 Å². The molecule has 0 aromatic heterocycles. The summed E-state index contributed by atoms with van der Waals surface area (Å²) in [7, 11) is 0. The van der Waals surface area contributed by atoms with Crippen LogP contribution in [0.5, 0.6) is 0 Å². The lowest BCUT2D eigenvalue weighted by molar-refractivity contribution is -0.384. The lowest BCUT2D eigenvalue weighted by atomic mass is 9.82. The van der Waals surface area contributed by atoms with Gasteiger partial charge in [-0.05, 0) is 82.6 Å². The molecule has 4 rings (SSSR count). The summed E-state index contributed by atoms with van der Waals surface area (Å²) < 4.78 is 3.53. The summed E-state index contributed by atoms with van der Waals surface area (Å²) in [6.45, 7) is 6.58. The maximum atomic E-state index is 11.0. The third-order valence-electron chi connectivity index (χ3n) is 5.63. The molecular weight excluding hydrogens is 499 g/mol. The third-order valence-corrected chi connectivity index (χ3v) is 6.95. The Kier molecular flexibility index (Phi) is 7.41. The van der Waals surface area contributed by atoms with Crippen molar-refractivity contribution in [2.24, 2.45) is 0 Å². The number of hydrogen-bond donors (Lipinski definition) is 1. The van der Waals surface area contributed by atoms with E-state index in [1.54, 1.807) is 12.1 Å². The number of nitrogens with one attached hydrogen (secondary N) is 1. The molecule has 0 aliphatic heterocycles. The summed E-state index contributed by atoms with van der Waals surface area (Å²) in [6, 6.07) is 26.5. The Hall–Kier alpha value is -2.99. The average molecular weight is 523 g/mol. The molecule has 0 spiro atoms.